The van der Waals surface area contributed by atoms with E-state index >= 15 is 0 Å². The molecule has 0 unspecified atom stereocenters. The molecule has 4 aromatic heterocycles. The van der Waals surface area contributed by atoms with Crippen LogP contribution in [0.15, 0.2) is 108 Å². The molecule has 3 aliphatic carbocycles. The minimum absolute atomic E-state index is 0.0238. The van der Waals surface area contributed by atoms with Crippen LogP contribution in [-0.4, -0.2) is 92.7 Å². The van der Waals surface area contributed by atoms with Crippen molar-refractivity contribution in [2.45, 2.75) is 96.3 Å². The Labute approximate surface area is 430 Å². The first-order chi connectivity index (χ1) is 36.2. The van der Waals surface area contributed by atoms with Gasteiger partial charge in [0.15, 0.2) is 11.4 Å². The summed E-state index contributed by atoms with van der Waals surface area (Å²) in [6.07, 6.45) is 13.7. The maximum Gasteiger partial charge on any atom is 0.284 e. The predicted molar refractivity (Wildman–Crippen MR) is 282 cm³/mol. The Morgan fingerprint density at radius 3 is 2.31 bits per heavy atom. The molecule has 0 aliphatic heterocycles. The van der Waals surface area contributed by atoms with E-state index < -0.39 is 18.0 Å². The van der Waals surface area contributed by atoms with Gasteiger partial charge in [-0.1, -0.05) is 42.5 Å². The first kappa shape index (κ1) is 50.7. The Hall–Kier alpha value is -6.82. The summed E-state index contributed by atoms with van der Waals surface area (Å²) in [5.41, 5.74) is 6.69. The topological polar surface area (TPSA) is 169 Å². The molecular formula is C57H67F2N11O4. The molecule has 388 valence electrons. The number of ether oxygens (including phenoxy) is 1. The van der Waals surface area contributed by atoms with E-state index in [2.05, 4.69) is 101 Å². The van der Waals surface area contributed by atoms with Crippen molar-refractivity contribution in [3.63, 3.8) is 0 Å². The zero-order chi connectivity index (χ0) is 50.8. The van der Waals surface area contributed by atoms with Crippen molar-refractivity contribution in [1.82, 2.24) is 45.1 Å². The summed E-state index contributed by atoms with van der Waals surface area (Å²) >= 11 is 0. The van der Waals surface area contributed by atoms with Crippen molar-refractivity contribution in [1.29, 1.82) is 0 Å². The van der Waals surface area contributed by atoms with Gasteiger partial charge < -0.3 is 35.3 Å². The smallest absolute Gasteiger partial charge is 0.284 e. The monoisotopic (exact) mass is 1010 g/mol. The zero-order valence-corrected chi connectivity index (χ0v) is 42.2. The number of anilines is 2. The van der Waals surface area contributed by atoms with Gasteiger partial charge >= 0.3 is 0 Å². The van der Waals surface area contributed by atoms with Crippen molar-refractivity contribution in [2.24, 2.45) is 17.8 Å². The number of oxazole rings is 1. The van der Waals surface area contributed by atoms with Crippen LogP contribution >= 0.6 is 0 Å². The van der Waals surface area contributed by atoms with Crippen LogP contribution in [-0.2, 0) is 24.4 Å². The lowest BCUT2D eigenvalue weighted by atomic mass is 9.86. The van der Waals surface area contributed by atoms with Crippen LogP contribution < -0.4 is 21.3 Å². The van der Waals surface area contributed by atoms with Crippen LogP contribution in [0.2, 0.25) is 0 Å². The fourth-order valence-electron chi connectivity index (χ4n) is 9.82. The van der Waals surface area contributed by atoms with Crippen LogP contribution in [0, 0.1) is 17.8 Å². The molecule has 17 heteroatoms. The van der Waals surface area contributed by atoms with Crippen molar-refractivity contribution in [2.75, 3.05) is 57.1 Å². The van der Waals surface area contributed by atoms with E-state index in [1.165, 1.54) is 65.7 Å². The highest BCUT2D eigenvalue weighted by Crippen LogP contribution is 2.36. The van der Waals surface area contributed by atoms with Crippen molar-refractivity contribution < 1.29 is 27.5 Å². The minimum atomic E-state index is -2.86. The largest absolute Gasteiger partial charge is 0.444 e. The molecule has 3 saturated carbocycles. The number of fused-ring (bicyclic) bond motifs is 1. The molecule has 74 heavy (non-hydrogen) atoms. The van der Waals surface area contributed by atoms with E-state index in [0.29, 0.717) is 55.1 Å². The average Bonchev–Trinajstić information content (AvgIpc) is 4.29. The Balaban J connectivity index is 0.569. The van der Waals surface area contributed by atoms with Gasteiger partial charge in [0.1, 0.15) is 12.1 Å². The summed E-state index contributed by atoms with van der Waals surface area (Å²) < 4.78 is 43.6. The molecule has 15 nitrogen and oxygen atoms in total. The number of alkyl halides is 2. The number of nitrogens with zero attached hydrogens (tertiary/aromatic N) is 7. The molecule has 3 fully saturated rings. The number of aromatic nitrogens is 6. The highest BCUT2D eigenvalue weighted by atomic mass is 19.3. The summed E-state index contributed by atoms with van der Waals surface area (Å²) in [4.78, 5) is 37.0. The molecular weight excluding hydrogens is 941 g/mol. The Morgan fingerprint density at radius 1 is 0.824 bits per heavy atom. The van der Waals surface area contributed by atoms with Crippen molar-refractivity contribution in [3.8, 4) is 22.6 Å². The Bertz CT molecular complexity index is 2960. The van der Waals surface area contributed by atoms with Gasteiger partial charge in [-0.2, -0.15) is 10.2 Å². The fraction of sp³-hybridized carbons (Fsp3) is 0.439. The second-order valence-electron chi connectivity index (χ2n) is 20.5. The first-order valence-electron chi connectivity index (χ1n) is 26.4. The Kier molecular flexibility index (Phi) is 16.5. The molecule has 3 aliphatic rings. The van der Waals surface area contributed by atoms with Crippen LogP contribution in [0.3, 0.4) is 0 Å². The van der Waals surface area contributed by atoms with Crippen LogP contribution in [0.5, 0.6) is 0 Å². The van der Waals surface area contributed by atoms with Gasteiger partial charge in [-0.25, -0.2) is 18.7 Å². The van der Waals surface area contributed by atoms with Gasteiger partial charge in [-0.3, -0.25) is 19.0 Å². The lowest BCUT2D eigenvalue weighted by molar-refractivity contribution is 0.0935. The molecule has 2 amide bonds. The highest BCUT2D eigenvalue weighted by molar-refractivity contribution is 6.03. The number of amides is 2. The molecule has 7 aromatic rings. The Morgan fingerprint density at radius 2 is 1.55 bits per heavy atom. The van der Waals surface area contributed by atoms with E-state index in [0.717, 1.165) is 82.7 Å². The van der Waals surface area contributed by atoms with Crippen LogP contribution in [0.1, 0.15) is 114 Å². The van der Waals surface area contributed by atoms with Gasteiger partial charge in [-0.05, 0) is 148 Å². The summed E-state index contributed by atoms with van der Waals surface area (Å²) in [7, 11) is 2.12. The van der Waals surface area contributed by atoms with Gasteiger partial charge in [0.2, 0.25) is 5.89 Å². The molecule has 0 saturated heterocycles. The summed E-state index contributed by atoms with van der Waals surface area (Å²) in [5, 5.41) is 22.5. The molecule has 10 rings (SSSR count). The molecule has 0 spiro atoms. The molecule has 0 atom stereocenters. The third-order valence-electron chi connectivity index (χ3n) is 14.5. The number of carbonyl (C=O) groups is 2. The number of benzene rings is 3. The van der Waals surface area contributed by atoms with Gasteiger partial charge in [0, 0.05) is 87.9 Å². The van der Waals surface area contributed by atoms with Gasteiger partial charge in [-0.15, -0.1) is 0 Å². The van der Waals surface area contributed by atoms with E-state index in [-0.39, 0.29) is 29.2 Å². The first-order valence-corrected chi connectivity index (χ1v) is 26.4. The number of nitrogens with one attached hydrogen (secondary N) is 4. The normalized spacial score (nSPS) is 16.8. The zero-order valence-electron chi connectivity index (χ0n) is 42.2. The number of rotatable bonds is 26. The SMILES string of the molecule is CN(CCCOCCCNC(=O)c1ccc(CNCc2ccc(-c3ccc4c(cnn4CC4CC4)c3)cc2)cc1)CC1CCC(n2cc(NC(=O)c3coc(-c4ccnc(NCC5CC5)c4)n3)c(C(F)F)n2)CC1. The quantitative estimate of drug-likeness (QED) is 0.0381. The number of carbonyl (C=O) groups excluding carboxylic acids is 2. The number of halogens is 2. The van der Waals surface area contributed by atoms with E-state index in [4.69, 9.17) is 9.15 Å². The fourth-order valence-corrected chi connectivity index (χ4v) is 9.82. The lowest BCUT2D eigenvalue weighted by Crippen LogP contribution is -2.30. The van der Waals surface area contributed by atoms with Crippen LogP contribution in [0.25, 0.3) is 33.5 Å². The van der Waals surface area contributed by atoms with Gasteiger partial charge in [0.25, 0.3) is 18.2 Å². The molecule has 0 radical (unpaired) electrons. The standard InChI is InChI=1S/C57H67F2N11O4/c1-68(34-41-12-19-48(20-13-41)69-36-49(53(67-69)54(58)59)65-56(72)50-37-74-57(66-50)46-22-24-61-52(29-46)63-32-40-4-5-40)25-3-27-73-26-2-23-62-55(71)44-16-10-39(11-17-44)31-60-30-38-8-14-43(15-9-38)45-18-21-51-47(28-45)33-64-70(51)35-42-6-7-42/h8-11,14-18,21-22,24,28-29,33,36-37,40-42,48,54,60H,2-7,12-13,19-20,23,25-27,30-32,34-35H2,1H3,(H,61,63)(H,62,71)(H,65,72). The van der Waals surface area contributed by atoms with E-state index in [1.54, 1.807) is 16.9 Å². The average molecular weight is 1010 g/mol. The van der Waals surface area contributed by atoms with Gasteiger partial charge in [0.05, 0.1) is 23.4 Å². The second-order valence-corrected chi connectivity index (χ2v) is 20.5. The number of pyridine rings is 1. The minimum Gasteiger partial charge on any atom is -0.444 e. The maximum absolute atomic E-state index is 14.2. The molecule has 4 N–H and O–H groups in total. The number of hydrogen-bond acceptors (Lipinski definition) is 11. The highest BCUT2D eigenvalue weighted by Gasteiger charge is 2.29. The van der Waals surface area contributed by atoms with E-state index in [1.807, 2.05) is 36.5 Å². The number of hydrogen-bond donors (Lipinski definition) is 4. The molecule has 4 heterocycles. The maximum atomic E-state index is 14.2. The van der Waals surface area contributed by atoms with Crippen LogP contribution in [0.4, 0.5) is 20.3 Å². The van der Waals surface area contributed by atoms with Crippen molar-refractivity contribution >= 4 is 34.2 Å². The second kappa shape index (κ2) is 24.0. The summed E-state index contributed by atoms with van der Waals surface area (Å²) in [6, 6.07) is 26.6. The van der Waals surface area contributed by atoms with E-state index in [9.17, 15) is 18.4 Å². The summed E-state index contributed by atoms with van der Waals surface area (Å²) in [5.74, 6) is 2.13. The summed E-state index contributed by atoms with van der Waals surface area (Å²) in [6.45, 7) is 6.91. The van der Waals surface area contributed by atoms with Crippen molar-refractivity contribution in [3.05, 3.63) is 132 Å². The molecule has 0 bridgehead atoms. The lowest BCUT2D eigenvalue weighted by Gasteiger charge is -2.31. The third-order valence-corrected chi connectivity index (χ3v) is 14.5. The molecule has 3 aromatic carbocycles. The predicted octanol–water partition coefficient (Wildman–Crippen LogP) is 10.6. The third kappa shape index (κ3) is 13.7.